The van der Waals surface area contributed by atoms with Crippen LogP contribution in [0.5, 0.6) is 0 Å². The molecule has 1 heteroatoms. The van der Waals surface area contributed by atoms with Crippen LogP contribution >= 0.6 is 0 Å². The third-order valence-electron chi connectivity index (χ3n) is 4.24. The van der Waals surface area contributed by atoms with E-state index in [4.69, 9.17) is 0 Å². The minimum absolute atomic E-state index is 0.180. The quantitative estimate of drug-likeness (QED) is 0.655. The molecular weight excluding hydrogens is 208 g/mol. The minimum Gasteiger partial charge on any atom is -0.295 e. The molecule has 0 N–H and O–H groups in total. The number of ketones is 1. The van der Waals surface area contributed by atoms with Gasteiger partial charge in [-0.05, 0) is 60.8 Å². The smallest absolute Gasteiger partial charge is 0.160 e. The van der Waals surface area contributed by atoms with E-state index in [9.17, 15) is 4.79 Å². The first-order valence-electron chi connectivity index (χ1n) is 6.49. The van der Waals surface area contributed by atoms with Crippen LogP contribution in [0.2, 0.25) is 0 Å². The standard InChI is InChI=1S/C16H22O/c1-10-6-7-16(4,5)15-9-13(12(3)17)11(2)8-14(10)15/h8-10H,6-7H2,1-5H3/t10-/m1/s1. The van der Waals surface area contributed by atoms with E-state index in [2.05, 4.69) is 32.9 Å². The molecule has 0 bridgehead atoms. The number of hydrogen-bond donors (Lipinski definition) is 0. The Balaban J connectivity index is 2.66. The second-order valence-electron chi connectivity index (χ2n) is 6.13. The Labute approximate surface area is 104 Å². The van der Waals surface area contributed by atoms with Crippen LogP contribution in [0.25, 0.3) is 0 Å². The number of hydrogen-bond acceptors (Lipinski definition) is 1. The van der Waals surface area contributed by atoms with Crippen molar-refractivity contribution in [3.8, 4) is 0 Å². The molecule has 92 valence electrons. The van der Waals surface area contributed by atoms with Gasteiger partial charge in [-0.3, -0.25) is 4.79 Å². The van der Waals surface area contributed by atoms with E-state index in [0.717, 1.165) is 11.1 Å². The number of benzene rings is 1. The summed E-state index contributed by atoms with van der Waals surface area (Å²) in [4.78, 5) is 11.6. The molecule has 0 saturated carbocycles. The molecule has 1 atom stereocenters. The lowest BCUT2D eigenvalue weighted by Crippen LogP contribution is -2.26. The van der Waals surface area contributed by atoms with Crippen molar-refractivity contribution in [2.75, 3.05) is 0 Å². The molecule has 1 aromatic rings. The van der Waals surface area contributed by atoms with Gasteiger partial charge in [0.25, 0.3) is 0 Å². The Kier molecular flexibility index (Phi) is 2.89. The van der Waals surface area contributed by atoms with Crippen molar-refractivity contribution in [1.82, 2.24) is 0 Å². The summed E-state index contributed by atoms with van der Waals surface area (Å²) in [5.74, 6) is 0.803. The van der Waals surface area contributed by atoms with E-state index in [1.54, 1.807) is 6.92 Å². The van der Waals surface area contributed by atoms with E-state index in [-0.39, 0.29) is 11.2 Å². The molecular formula is C16H22O. The molecule has 0 aliphatic heterocycles. The van der Waals surface area contributed by atoms with E-state index in [0.29, 0.717) is 5.92 Å². The van der Waals surface area contributed by atoms with Gasteiger partial charge in [-0.2, -0.15) is 0 Å². The number of fused-ring (bicyclic) bond motifs is 1. The van der Waals surface area contributed by atoms with Gasteiger partial charge >= 0.3 is 0 Å². The number of carbonyl (C=O) groups excluding carboxylic acids is 1. The van der Waals surface area contributed by atoms with Crippen molar-refractivity contribution < 1.29 is 4.79 Å². The van der Waals surface area contributed by atoms with E-state index < -0.39 is 0 Å². The third-order valence-corrected chi connectivity index (χ3v) is 4.24. The predicted octanol–water partition coefficient (Wildman–Crippen LogP) is 4.37. The molecule has 1 aliphatic carbocycles. The van der Waals surface area contributed by atoms with Crippen molar-refractivity contribution in [3.63, 3.8) is 0 Å². The lowest BCUT2D eigenvalue weighted by atomic mass is 9.68. The lowest BCUT2D eigenvalue weighted by Gasteiger charge is -2.36. The van der Waals surface area contributed by atoms with Crippen LogP contribution in [0.15, 0.2) is 12.1 Å². The first-order valence-corrected chi connectivity index (χ1v) is 6.49. The average molecular weight is 230 g/mol. The normalized spacial score (nSPS) is 22.1. The van der Waals surface area contributed by atoms with Gasteiger partial charge in [0.1, 0.15) is 0 Å². The van der Waals surface area contributed by atoms with Gasteiger partial charge in [-0.15, -0.1) is 0 Å². The maximum atomic E-state index is 11.6. The Morgan fingerprint density at radius 1 is 1.35 bits per heavy atom. The SMILES string of the molecule is CC(=O)c1cc2c(cc1C)[C@H](C)CCC2(C)C. The van der Waals surface area contributed by atoms with Gasteiger partial charge in [0.05, 0.1) is 0 Å². The molecule has 2 rings (SSSR count). The zero-order valence-electron chi connectivity index (χ0n) is 11.6. The molecule has 0 aromatic heterocycles. The zero-order valence-corrected chi connectivity index (χ0v) is 11.6. The molecule has 1 nitrogen and oxygen atoms in total. The summed E-state index contributed by atoms with van der Waals surface area (Å²) in [5.41, 5.74) is 5.06. The number of rotatable bonds is 1. The Hall–Kier alpha value is -1.11. The highest BCUT2D eigenvalue weighted by Gasteiger charge is 2.31. The second kappa shape index (κ2) is 3.97. The Morgan fingerprint density at radius 2 is 2.00 bits per heavy atom. The van der Waals surface area contributed by atoms with Crippen LogP contribution in [-0.2, 0) is 5.41 Å². The molecule has 0 heterocycles. The van der Waals surface area contributed by atoms with Gasteiger partial charge in [0.2, 0.25) is 0 Å². The summed E-state index contributed by atoms with van der Waals surface area (Å²) >= 11 is 0. The average Bonchev–Trinajstić information content (AvgIpc) is 2.23. The van der Waals surface area contributed by atoms with Gasteiger partial charge in [0, 0.05) is 5.56 Å². The molecule has 0 spiro atoms. The van der Waals surface area contributed by atoms with Crippen LogP contribution in [0, 0.1) is 6.92 Å². The van der Waals surface area contributed by atoms with Crippen molar-refractivity contribution in [1.29, 1.82) is 0 Å². The Bertz CT molecular complexity index is 469. The van der Waals surface area contributed by atoms with Gasteiger partial charge in [-0.25, -0.2) is 0 Å². The summed E-state index contributed by atoms with van der Waals surface area (Å²) in [6.45, 7) is 10.6. The molecule has 0 radical (unpaired) electrons. The fraction of sp³-hybridized carbons (Fsp3) is 0.562. The van der Waals surface area contributed by atoms with Crippen LogP contribution in [0.3, 0.4) is 0 Å². The first kappa shape index (κ1) is 12.3. The minimum atomic E-state index is 0.180. The van der Waals surface area contributed by atoms with Crippen LogP contribution in [0.1, 0.15) is 73.5 Å². The largest absolute Gasteiger partial charge is 0.295 e. The second-order valence-corrected chi connectivity index (χ2v) is 6.13. The Morgan fingerprint density at radius 3 is 2.59 bits per heavy atom. The maximum absolute atomic E-state index is 11.6. The van der Waals surface area contributed by atoms with Crippen LogP contribution in [0.4, 0.5) is 0 Å². The van der Waals surface area contributed by atoms with E-state index in [1.807, 2.05) is 6.92 Å². The predicted molar refractivity (Wildman–Crippen MR) is 71.9 cm³/mol. The molecule has 0 fully saturated rings. The molecule has 0 unspecified atom stereocenters. The van der Waals surface area contributed by atoms with Gasteiger partial charge < -0.3 is 0 Å². The fourth-order valence-corrected chi connectivity index (χ4v) is 2.97. The highest BCUT2D eigenvalue weighted by Crippen LogP contribution is 2.43. The monoisotopic (exact) mass is 230 g/mol. The molecule has 1 aliphatic rings. The van der Waals surface area contributed by atoms with Crippen molar-refractivity contribution >= 4 is 5.78 Å². The summed E-state index contributed by atoms with van der Waals surface area (Å²) in [6.07, 6.45) is 2.46. The summed E-state index contributed by atoms with van der Waals surface area (Å²) in [5, 5.41) is 0. The van der Waals surface area contributed by atoms with E-state index in [1.165, 1.54) is 24.0 Å². The van der Waals surface area contributed by atoms with Crippen molar-refractivity contribution in [2.24, 2.45) is 0 Å². The summed E-state index contributed by atoms with van der Waals surface area (Å²) in [7, 11) is 0. The molecule has 17 heavy (non-hydrogen) atoms. The first-order chi connectivity index (χ1) is 7.83. The summed E-state index contributed by atoms with van der Waals surface area (Å²) < 4.78 is 0. The maximum Gasteiger partial charge on any atom is 0.160 e. The fourth-order valence-electron chi connectivity index (χ4n) is 2.97. The van der Waals surface area contributed by atoms with Crippen LogP contribution < -0.4 is 0 Å². The van der Waals surface area contributed by atoms with E-state index >= 15 is 0 Å². The lowest BCUT2D eigenvalue weighted by molar-refractivity contribution is 0.101. The number of aryl methyl sites for hydroxylation is 1. The molecule has 1 aromatic carbocycles. The number of carbonyl (C=O) groups is 1. The number of Topliss-reactive ketones (excluding diaryl/α,β-unsaturated/α-hetero) is 1. The van der Waals surface area contributed by atoms with Gasteiger partial charge in [-0.1, -0.05) is 26.8 Å². The van der Waals surface area contributed by atoms with Crippen LogP contribution in [-0.4, -0.2) is 5.78 Å². The third kappa shape index (κ3) is 2.03. The topological polar surface area (TPSA) is 17.1 Å². The molecule has 0 saturated heterocycles. The molecule has 0 amide bonds. The highest BCUT2D eigenvalue weighted by molar-refractivity contribution is 5.96. The zero-order chi connectivity index (χ0) is 12.8. The van der Waals surface area contributed by atoms with Gasteiger partial charge in [0.15, 0.2) is 5.78 Å². The van der Waals surface area contributed by atoms with Crippen molar-refractivity contribution in [2.45, 2.75) is 58.8 Å². The highest BCUT2D eigenvalue weighted by atomic mass is 16.1. The summed E-state index contributed by atoms with van der Waals surface area (Å²) in [6, 6.07) is 4.38. The van der Waals surface area contributed by atoms with Crippen molar-refractivity contribution in [3.05, 3.63) is 34.4 Å².